The van der Waals surface area contributed by atoms with Gasteiger partial charge in [0.25, 0.3) is 11.8 Å². The van der Waals surface area contributed by atoms with Gasteiger partial charge in [-0.2, -0.15) is 0 Å². The maximum Gasteiger partial charge on any atom is 0.494 e. The van der Waals surface area contributed by atoms with Gasteiger partial charge in [0, 0.05) is 40.4 Å². The number of fused-ring (bicyclic) bond motifs is 4. The Hall–Kier alpha value is -6.34. The molecule has 7 aliphatic rings. The summed E-state index contributed by atoms with van der Waals surface area (Å²) in [6.07, 6.45) is 4.50. The number of aromatic nitrogens is 3. The first-order valence-corrected chi connectivity index (χ1v) is 26.4. The topological polar surface area (TPSA) is 203 Å². The summed E-state index contributed by atoms with van der Waals surface area (Å²) in [5, 5.41) is 18.9. The lowest BCUT2D eigenvalue weighted by molar-refractivity contribution is -0.210. The van der Waals surface area contributed by atoms with Crippen LogP contribution in [-0.4, -0.2) is 92.2 Å². The molecule has 73 heavy (non-hydrogen) atoms. The minimum atomic E-state index is -1.11. The second-order valence-corrected chi connectivity index (χ2v) is 22.5. The van der Waals surface area contributed by atoms with Crippen molar-refractivity contribution in [3.63, 3.8) is 0 Å². The first-order chi connectivity index (χ1) is 35.0. The van der Waals surface area contributed by atoms with E-state index >= 15 is 0 Å². The molecule has 3 aliphatic carbocycles. The van der Waals surface area contributed by atoms with Crippen LogP contribution in [0.15, 0.2) is 71.7 Å². The third-order valence-electron chi connectivity index (χ3n) is 16.4. The monoisotopic (exact) mass is 1020 g/mol. The van der Waals surface area contributed by atoms with E-state index < -0.39 is 48.4 Å². The summed E-state index contributed by atoms with van der Waals surface area (Å²) in [7, 11) is -0.609. The summed E-state index contributed by atoms with van der Waals surface area (Å²) in [6, 6.07) is 18.6. The van der Waals surface area contributed by atoms with E-state index in [4.69, 9.17) is 25.9 Å². The number of hydrogen-bond acceptors (Lipinski definition) is 12. The number of aryl methyl sites for hydroxylation is 3. The Labute approximate surface area is 432 Å². The number of carbonyl (C=O) groups excluding carboxylic acids is 6. The van der Waals surface area contributed by atoms with E-state index in [0.717, 1.165) is 62.0 Å². The minimum absolute atomic E-state index is 0.00829. The van der Waals surface area contributed by atoms with Crippen LogP contribution in [0.1, 0.15) is 137 Å². The summed E-state index contributed by atoms with van der Waals surface area (Å²) in [6.45, 7) is 11.3. The number of anilines is 1. The molecule has 6 amide bonds. The van der Waals surface area contributed by atoms with Crippen LogP contribution in [0.2, 0.25) is 5.02 Å². The number of hydrogen-bond donors (Lipinski definition) is 3. The first kappa shape index (κ1) is 48.9. The number of aliphatic imine (C=N–C) groups is 1. The maximum absolute atomic E-state index is 14.0. The fraction of sp³-hybridized carbons (Fsp3) is 0.426. The standard InChI is InChI=1S/C54H56BClN8O8S/c1-28-29(2)73-52-45(28)47(32-17-19-34(56)20-18-32)59-38(48-62-61-30(3)63(48)52)27-44(67)57-24-10-23-54-40-25-33(53(40,4)5)26-41(54)71-55(72-54)36-14-7-6-11-31(36)12-8-16-42(65)58-37-15-9-13-35-46(37)51(70)64(50(35)69)39-21-22-43(66)60-49(39)68/h6-7,9,11,13-15,17-20,33,38-41H,8,10,12,16,21-27H2,1-5H3,(H,57,67)(H,58,65)(H,60,66,68)/t33-,38+,39?,40-,41-,54-/m1/s1. The van der Waals surface area contributed by atoms with Gasteiger partial charge in [-0.3, -0.25) is 48.5 Å². The predicted molar refractivity (Wildman–Crippen MR) is 275 cm³/mol. The molecule has 2 aromatic heterocycles. The fourth-order valence-electron chi connectivity index (χ4n) is 12.4. The summed E-state index contributed by atoms with van der Waals surface area (Å²) >= 11 is 7.99. The zero-order chi connectivity index (χ0) is 51.1. The van der Waals surface area contributed by atoms with Crippen molar-refractivity contribution < 1.29 is 38.1 Å². The summed E-state index contributed by atoms with van der Waals surface area (Å²) in [5.74, 6) is -0.789. The lowest BCUT2D eigenvalue weighted by Crippen LogP contribution is -2.66. The third kappa shape index (κ3) is 8.43. The molecule has 0 radical (unpaired) electrons. The smallest absolute Gasteiger partial charge is 0.401 e. The van der Waals surface area contributed by atoms with Gasteiger partial charge < -0.3 is 19.9 Å². The molecule has 12 rings (SSSR count). The molecular formula is C54H56BClN8O8S. The van der Waals surface area contributed by atoms with Crippen molar-refractivity contribution >= 4 is 82.4 Å². The van der Waals surface area contributed by atoms with Crippen molar-refractivity contribution in [1.29, 1.82) is 0 Å². The number of nitrogens with zero attached hydrogens (tertiary/aromatic N) is 5. The molecule has 3 N–H and O–H groups in total. The molecule has 5 aromatic rings. The molecule has 2 saturated heterocycles. The summed E-state index contributed by atoms with van der Waals surface area (Å²) in [5.41, 5.74) is 5.60. The number of benzene rings is 3. The van der Waals surface area contributed by atoms with E-state index in [0.29, 0.717) is 49.0 Å². The van der Waals surface area contributed by atoms with Crippen LogP contribution in [0, 0.1) is 38.0 Å². The number of nitrogens with one attached hydrogen (secondary N) is 3. The molecule has 5 fully saturated rings. The predicted octanol–water partition coefficient (Wildman–Crippen LogP) is 7.06. The fourth-order valence-corrected chi connectivity index (χ4v) is 13.7. The van der Waals surface area contributed by atoms with Crippen LogP contribution >= 0.6 is 22.9 Å². The Kier molecular flexibility index (Phi) is 12.6. The van der Waals surface area contributed by atoms with Gasteiger partial charge in [0.2, 0.25) is 23.6 Å². The van der Waals surface area contributed by atoms with Crippen LogP contribution in [-0.2, 0) is 34.9 Å². The van der Waals surface area contributed by atoms with Crippen LogP contribution in [0.4, 0.5) is 5.69 Å². The number of halogens is 1. The lowest BCUT2D eigenvalue weighted by Gasteiger charge is -2.65. The van der Waals surface area contributed by atoms with Gasteiger partial charge in [0.15, 0.2) is 5.82 Å². The van der Waals surface area contributed by atoms with Crippen LogP contribution in [0.3, 0.4) is 0 Å². The largest absolute Gasteiger partial charge is 0.494 e. The van der Waals surface area contributed by atoms with Crippen molar-refractivity contribution in [2.24, 2.45) is 22.2 Å². The van der Waals surface area contributed by atoms with Gasteiger partial charge in [-0.15, -0.1) is 21.5 Å². The van der Waals surface area contributed by atoms with E-state index in [1.807, 2.05) is 55.5 Å². The minimum Gasteiger partial charge on any atom is -0.401 e. The highest BCUT2D eigenvalue weighted by Crippen LogP contribution is 2.67. The highest BCUT2D eigenvalue weighted by molar-refractivity contribution is 7.15. The van der Waals surface area contributed by atoms with Gasteiger partial charge in [0.05, 0.1) is 40.7 Å². The molecular weight excluding hydrogens is 967 g/mol. The molecule has 6 atom stereocenters. The van der Waals surface area contributed by atoms with Crippen molar-refractivity contribution in [1.82, 2.24) is 30.3 Å². The lowest BCUT2D eigenvalue weighted by atomic mass is 9.42. The Morgan fingerprint density at radius 3 is 2.51 bits per heavy atom. The number of piperidine rings is 1. The van der Waals surface area contributed by atoms with E-state index in [1.165, 1.54) is 10.9 Å². The molecule has 19 heteroatoms. The second-order valence-electron chi connectivity index (χ2n) is 20.9. The molecule has 376 valence electrons. The number of thiophene rings is 1. The summed E-state index contributed by atoms with van der Waals surface area (Å²) in [4.78, 5) is 86.1. The van der Waals surface area contributed by atoms with Crippen LogP contribution in [0.5, 0.6) is 0 Å². The van der Waals surface area contributed by atoms with E-state index in [2.05, 4.69) is 58.4 Å². The number of rotatable bonds is 14. The number of amides is 6. The van der Waals surface area contributed by atoms with Gasteiger partial charge in [-0.25, -0.2) is 0 Å². The molecule has 1 unspecified atom stereocenters. The highest BCUT2D eigenvalue weighted by Gasteiger charge is 2.69. The van der Waals surface area contributed by atoms with Gasteiger partial charge in [-0.05, 0) is 124 Å². The maximum atomic E-state index is 14.0. The molecule has 0 spiro atoms. The Balaban J connectivity index is 0.742. The Morgan fingerprint density at radius 2 is 1.73 bits per heavy atom. The average Bonchev–Trinajstić information content (AvgIpc) is 4.07. The Bertz CT molecular complexity index is 3170. The second kappa shape index (κ2) is 18.9. The van der Waals surface area contributed by atoms with Gasteiger partial charge >= 0.3 is 7.12 Å². The van der Waals surface area contributed by atoms with E-state index in [-0.39, 0.29) is 71.7 Å². The zero-order valence-corrected chi connectivity index (χ0v) is 43.0. The zero-order valence-electron chi connectivity index (χ0n) is 41.4. The van der Waals surface area contributed by atoms with E-state index in [1.54, 1.807) is 23.5 Å². The first-order valence-electron chi connectivity index (χ1n) is 25.2. The quantitative estimate of drug-likeness (QED) is 0.0587. The van der Waals surface area contributed by atoms with Gasteiger partial charge in [-0.1, -0.05) is 67.9 Å². The van der Waals surface area contributed by atoms with Crippen molar-refractivity contribution in [2.75, 3.05) is 11.9 Å². The highest BCUT2D eigenvalue weighted by atomic mass is 35.5. The van der Waals surface area contributed by atoms with Crippen LogP contribution < -0.4 is 21.4 Å². The Morgan fingerprint density at radius 1 is 0.932 bits per heavy atom. The molecule has 4 aliphatic heterocycles. The number of imide groups is 2. The number of carbonyl (C=O) groups is 6. The molecule has 3 saturated carbocycles. The molecule has 3 aromatic carbocycles. The molecule has 16 nitrogen and oxygen atoms in total. The van der Waals surface area contributed by atoms with Crippen LogP contribution in [0.25, 0.3) is 5.00 Å². The average molecular weight is 1020 g/mol. The van der Waals surface area contributed by atoms with Gasteiger partial charge in [0.1, 0.15) is 22.9 Å². The normalized spacial score (nSPS) is 24.5. The molecule has 2 bridgehead atoms. The summed E-state index contributed by atoms with van der Waals surface area (Å²) < 4.78 is 16.2. The third-order valence-corrected chi connectivity index (χ3v) is 17.9. The van der Waals surface area contributed by atoms with E-state index in [9.17, 15) is 28.8 Å². The SMILES string of the molecule is Cc1sc2c(c1C)C(c1ccc(Cl)cc1)=N[C@@H](CC(=O)NCCC[C@]13OB(c4ccccc4CCCC(=O)Nc4cccc5c4C(=O)N(C4CCC(=O)NC4=O)C5=O)O[C@@H]1C[C@H]1C[C@@H]3C1(C)C)c1nnc(C)n1-2. The van der Waals surface area contributed by atoms with Crippen molar-refractivity contribution in [3.05, 3.63) is 122 Å². The van der Waals surface area contributed by atoms with Crippen molar-refractivity contribution in [3.8, 4) is 5.00 Å². The molecule has 6 heterocycles. The van der Waals surface area contributed by atoms with Crippen molar-refractivity contribution in [2.45, 2.75) is 123 Å².